The molecular formula is C27H40O4S. The SMILES string of the molecule is CC(C)=CCC/C(C)=C/C(C/C(C)=C/C(O)C/C(C)=C\CO)S(=O)(=O)c1ccc(C)cc1. The standard InChI is InChI=1S/C27H40O4S/c1-20(2)8-7-9-22(4)18-27(32(30,31)26-12-10-21(3)11-13-26)19-24(6)17-25(29)16-23(5)14-15-28/h8,10-14,17-18,25,27-29H,7,9,15-16,19H2,1-6H3/b22-18+,23-14-,24-17+. The van der Waals surface area contributed by atoms with Gasteiger partial charge in [0.25, 0.3) is 0 Å². The Bertz CT molecular complexity index is 944. The molecule has 1 rings (SSSR count). The fraction of sp³-hybridized carbons (Fsp3) is 0.481. The van der Waals surface area contributed by atoms with Gasteiger partial charge >= 0.3 is 0 Å². The summed E-state index contributed by atoms with van der Waals surface area (Å²) < 4.78 is 26.9. The van der Waals surface area contributed by atoms with Crippen molar-refractivity contribution in [1.82, 2.24) is 0 Å². The second kappa shape index (κ2) is 13.6. The summed E-state index contributed by atoms with van der Waals surface area (Å²) in [6, 6.07) is 6.97. The highest BCUT2D eigenvalue weighted by molar-refractivity contribution is 7.92. The lowest BCUT2D eigenvalue weighted by Gasteiger charge is -2.17. The van der Waals surface area contributed by atoms with Gasteiger partial charge < -0.3 is 10.2 Å². The molecule has 0 aliphatic carbocycles. The highest BCUT2D eigenvalue weighted by atomic mass is 32.2. The molecule has 0 aliphatic heterocycles. The Balaban J connectivity index is 3.19. The molecule has 1 aromatic rings. The normalized spacial score (nSPS) is 15.4. The van der Waals surface area contributed by atoms with Crippen molar-refractivity contribution in [1.29, 1.82) is 0 Å². The largest absolute Gasteiger partial charge is 0.392 e. The quantitative estimate of drug-likeness (QED) is 0.383. The number of aryl methyl sites for hydroxylation is 1. The highest BCUT2D eigenvalue weighted by Crippen LogP contribution is 2.25. The molecule has 0 radical (unpaired) electrons. The van der Waals surface area contributed by atoms with Crippen molar-refractivity contribution >= 4 is 9.84 Å². The maximum Gasteiger partial charge on any atom is 0.185 e. The van der Waals surface area contributed by atoms with E-state index in [1.54, 1.807) is 24.3 Å². The van der Waals surface area contributed by atoms with Crippen LogP contribution in [-0.4, -0.2) is 36.6 Å². The first-order valence-electron chi connectivity index (χ1n) is 11.2. The molecule has 2 unspecified atom stereocenters. The molecule has 0 amide bonds. The van der Waals surface area contributed by atoms with E-state index in [0.717, 1.165) is 35.1 Å². The summed E-state index contributed by atoms with van der Waals surface area (Å²) in [5.41, 5.74) is 5.02. The summed E-state index contributed by atoms with van der Waals surface area (Å²) in [6.07, 6.45) is 9.10. The van der Waals surface area contributed by atoms with Gasteiger partial charge in [-0.3, -0.25) is 0 Å². The van der Waals surface area contributed by atoms with Crippen LogP contribution in [0.5, 0.6) is 0 Å². The van der Waals surface area contributed by atoms with Gasteiger partial charge in [0.2, 0.25) is 0 Å². The van der Waals surface area contributed by atoms with Gasteiger partial charge in [-0.1, -0.05) is 64.3 Å². The lowest BCUT2D eigenvalue weighted by atomic mass is 10.0. The maximum absolute atomic E-state index is 13.5. The van der Waals surface area contributed by atoms with Gasteiger partial charge in [0.15, 0.2) is 9.84 Å². The molecule has 0 aliphatic rings. The Morgan fingerprint density at radius 1 is 0.906 bits per heavy atom. The fourth-order valence-electron chi connectivity index (χ4n) is 3.49. The Labute approximate surface area is 195 Å². The second-order valence-corrected chi connectivity index (χ2v) is 11.1. The molecule has 0 fully saturated rings. The van der Waals surface area contributed by atoms with Crippen molar-refractivity contribution in [2.24, 2.45) is 0 Å². The molecule has 0 saturated carbocycles. The van der Waals surface area contributed by atoms with Gasteiger partial charge in [0, 0.05) is 0 Å². The van der Waals surface area contributed by atoms with Crippen LogP contribution in [0.3, 0.4) is 0 Å². The molecule has 4 nitrogen and oxygen atoms in total. The Morgan fingerprint density at radius 2 is 1.53 bits per heavy atom. The molecule has 32 heavy (non-hydrogen) atoms. The van der Waals surface area contributed by atoms with Crippen molar-refractivity contribution < 1.29 is 18.6 Å². The minimum Gasteiger partial charge on any atom is -0.392 e. The van der Waals surface area contributed by atoms with Gasteiger partial charge in [-0.2, -0.15) is 0 Å². The first-order valence-corrected chi connectivity index (χ1v) is 12.7. The van der Waals surface area contributed by atoms with E-state index in [0.29, 0.717) is 17.7 Å². The van der Waals surface area contributed by atoms with Crippen LogP contribution >= 0.6 is 0 Å². The van der Waals surface area contributed by atoms with E-state index in [-0.39, 0.29) is 6.61 Å². The van der Waals surface area contributed by atoms with Crippen LogP contribution in [0.1, 0.15) is 65.9 Å². The van der Waals surface area contributed by atoms with Crippen LogP contribution < -0.4 is 0 Å². The van der Waals surface area contributed by atoms with Crippen LogP contribution in [0.15, 0.2) is 75.8 Å². The molecule has 0 spiro atoms. The topological polar surface area (TPSA) is 74.6 Å². The monoisotopic (exact) mass is 460 g/mol. The minimum atomic E-state index is -3.58. The molecule has 178 valence electrons. The van der Waals surface area contributed by atoms with E-state index in [9.17, 15) is 13.5 Å². The zero-order chi connectivity index (χ0) is 24.3. The molecule has 0 aromatic heterocycles. The maximum atomic E-state index is 13.5. The average Bonchev–Trinajstić information content (AvgIpc) is 2.67. The first-order chi connectivity index (χ1) is 14.9. The van der Waals surface area contributed by atoms with Gasteiger partial charge in [0.1, 0.15) is 0 Å². The van der Waals surface area contributed by atoms with Gasteiger partial charge in [-0.25, -0.2) is 8.42 Å². The third kappa shape index (κ3) is 10.1. The number of rotatable bonds is 12. The lowest BCUT2D eigenvalue weighted by Crippen LogP contribution is -2.21. The summed E-state index contributed by atoms with van der Waals surface area (Å²) in [5, 5.41) is 18.7. The van der Waals surface area contributed by atoms with E-state index < -0.39 is 21.2 Å². The molecule has 0 bridgehead atoms. The van der Waals surface area contributed by atoms with Crippen molar-refractivity contribution in [3.8, 4) is 0 Å². The van der Waals surface area contributed by atoms with Crippen molar-refractivity contribution in [2.45, 2.75) is 83.5 Å². The number of sulfone groups is 1. The Hall–Kier alpha value is -1.95. The predicted octanol–water partition coefficient (Wildman–Crippen LogP) is 5.86. The number of aliphatic hydroxyl groups excluding tert-OH is 2. The van der Waals surface area contributed by atoms with Gasteiger partial charge in [0.05, 0.1) is 22.9 Å². The average molecular weight is 461 g/mol. The van der Waals surface area contributed by atoms with E-state index in [4.69, 9.17) is 5.11 Å². The summed E-state index contributed by atoms with van der Waals surface area (Å²) >= 11 is 0. The van der Waals surface area contributed by atoms with Crippen LogP contribution in [0.25, 0.3) is 0 Å². The zero-order valence-electron chi connectivity index (χ0n) is 20.4. The fourth-order valence-corrected chi connectivity index (χ4v) is 5.25. The number of aliphatic hydroxyl groups is 2. The predicted molar refractivity (Wildman–Crippen MR) is 134 cm³/mol. The minimum absolute atomic E-state index is 0.0606. The van der Waals surface area contributed by atoms with Crippen LogP contribution in [-0.2, 0) is 9.84 Å². The third-order valence-corrected chi connectivity index (χ3v) is 7.31. The summed E-state index contributed by atoms with van der Waals surface area (Å²) in [5.74, 6) is 0. The first kappa shape index (κ1) is 28.1. The Morgan fingerprint density at radius 3 is 2.09 bits per heavy atom. The Kier molecular flexibility index (Phi) is 11.9. The lowest BCUT2D eigenvalue weighted by molar-refractivity contribution is 0.222. The van der Waals surface area contributed by atoms with Crippen molar-refractivity contribution in [2.75, 3.05) is 6.61 Å². The second-order valence-electron chi connectivity index (χ2n) is 8.95. The molecule has 2 atom stereocenters. The number of hydrogen-bond donors (Lipinski definition) is 2. The van der Waals surface area contributed by atoms with E-state index >= 15 is 0 Å². The number of benzene rings is 1. The van der Waals surface area contributed by atoms with E-state index in [1.807, 2.05) is 45.9 Å². The third-order valence-electron chi connectivity index (χ3n) is 5.28. The van der Waals surface area contributed by atoms with Crippen LogP contribution in [0.2, 0.25) is 0 Å². The molecular weight excluding hydrogens is 420 g/mol. The van der Waals surface area contributed by atoms with Crippen molar-refractivity contribution in [3.63, 3.8) is 0 Å². The molecule has 2 N–H and O–H groups in total. The van der Waals surface area contributed by atoms with Crippen molar-refractivity contribution in [3.05, 3.63) is 76.4 Å². The highest BCUT2D eigenvalue weighted by Gasteiger charge is 2.26. The number of allylic oxidation sites excluding steroid dienone is 4. The molecule has 1 aromatic carbocycles. The molecule has 5 heteroatoms. The number of hydrogen-bond acceptors (Lipinski definition) is 4. The summed E-state index contributed by atoms with van der Waals surface area (Å²) in [6.45, 7) is 11.7. The van der Waals surface area contributed by atoms with Gasteiger partial charge in [-0.15, -0.1) is 0 Å². The van der Waals surface area contributed by atoms with Crippen LogP contribution in [0.4, 0.5) is 0 Å². The van der Waals surface area contributed by atoms with Gasteiger partial charge in [-0.05, 0) is 79.4 Å². The van der Waals surface area contributed by atoms with Crippen LogP contribution in [0, 0.1) is 6.92 Å². The molecule has 0 heterocycles. The molecule has 0 saturated heterocycles. The zero-order valence-corrected chi connectivity index (χ0v) is 21.2. The van der Waals surface area contributed by atoms with E-state index in [1.165, 1.54) is 5.57 Å². The summed E-state index contributed by atoms with van der Waals surface area (Å²) in [4.78, 5) is 0.316. The summed E-state index contributed by atoms with van der Waals surface area (Å²) in [7, 11) is -3.58. The van der Waals surface area contributed by atoms with E-state index in [2.05, 4.69) is 19.9 Å². The smallest absolute Gasteiger partial charge is 0.185 e.